The van der Waals surface area contributed by atoms with Gasteiger partial charge in [-0.15, -0.1) is 0 Å². The Kier molecular flexibility index (Phi) is 4.12. The Labute approximate surface area is 142 Å². The molecule has 0 unspecified atom stereocenters. The van der Waals surface area contributed by atoms with E-state index in [0.717, 1.165) is 5.56 Å². The molecule has 0 bridgehead atoms. The second-order valence-corrected chi connectivity index (χ2v) is 9.46. The number of amides is 1. The molecule has 1 aromatic carbocycles. The zero-order valence-corrected chi connectivity index (χ0v) is 14.5. The molecule has 2 atom stereocenters. The van der Waals surface area contributed by atoms with Gasteiger partial charge < -0.3 is 9.64 Å². The van der Waals surface area contributed by atoms with E-state index in [4.69, 9.17) is 4.74 Å². The van der Waals surface area contributed by atoms with E-state index in [-0.39, 0.29) is 24.3 Å². The second kappa shape index (κ2) is 6.15. The minimum absolute atomic E-state index is 0.0368. The molecule has 4 rings (SSSR count). The molecule has 2 heterocycles. The lowest BCUT2D eigenvalue weighted by molar-refractivity contribution is -0.134. The highest BCUT2D eigenvalue weighted by molar-refractivity contribution is 7.92. The normalized spacial score (nSPS) is 29.1. The van der Waals surface area contributed by atoms with Gasteiger partial charge in [0, 0.05) is 13.2 Å². The molecule has 1 saturated carbocycles. The van der Waals surface area contributed by atoms with Gasteiger partial charge in [-0.3, -0.25) is 4.79 Å². The van der Waals surface area contributed by atoms with Crippen LogP contribution in [-0.4, -0.2) is 56.0 Å². The molecule has 24 heavy (non-hydrogen) atoms. The maximum absolute atomic E-state index is 12.8. The topological polar surface area (TPSA) is 63.7 Å². The van der Waals surface area contributed by atoms with Gasteiger partial charge in [-0.2, -0.15) is 0 Å². The number of carbonyl (C=O) groups excluding carboxylic acids is 1. The van der Waals surface area contributed by atoms with Crippen molar-refractivity contribution in [1.82, 2.24) is 4.90 Å². The largest absolute Gasteiger partial charge is 0.380 e. The fourth-order valence-electron chi connectivity index (χ4n) is 3.90. The van der Waals surface area contributed by atoms with Crippen molar-refractivity contribution in [3.63, 3.8) is 0 Å². The minimum atomic E-state index is -3.15. The number of nitrogens with zero attached hydrogens (tertiary/aromatic N) is 1. The Balaban J connectivity index is 1.50. The summed E-state index contributed by atoms with van der Waals surface area (Å²) in [4.78, 5) is 14.6. The molecule has 3 fully saturated rings. The van der Waals surface area contributed by atoms with Crippen LogP contribution in [-0.2, 0) is 25.8 Å². The predicted octanol–water partition coefficient (Wildman–Crippen LogP) is 1.52. The van der Waals surface area contributed by atoms with Crippen LogP contribution in [0.5, 0.6) is 0 Å². The van der Waals surface area contributed by atoms with Crippen LogP contribution in [0, 0.1) is 0 Å². The van der Waals surface area contributed by atoms with E-state index in [0.29, 0.717) is 31.9 Å². The van der Waals surface area contributed by atoms with Crippen molar-refractivity contribution < 1.29 is 17.9 Å². The lowest BCUT2D eigenvalue weighted by Gasteiger charge is -2.43. The summed E-state index contributed by atoms with van der Waals surface area (Å²) < 4.78 is 29.9. The molecule has 1 aliphatic carbocycles. The molecular formula is C18H23NO4S. The molecule has 0 radical (unpaired) electrons. The quantitative estimate of drug-likeness (QED) is 0.830. The number of rotatable bonds is 3. The number of benzene rings is 1. The maximum atomic E-state index is 12.8. The average molecular weight is 349 g/mol. The van der Waals surface area contributed by atoms with Crippen LogP contribution in [0.3, 0.4) is 0 Å². The lowest BCUT2D eigenvalue weighted by Crippen LogP contribution is -2.60. The zero-order valence-electron chi connectivity index (χ0n) is 13.7. The van der Waals surface area contributed by atoms with Crippen molar-refractivity contribution in [2.45, 2.75) is 42.9 Å². The third-order valence-electron chi connectivity index (χ3n) is 5.42. The van der Waals surface area contributed by atoms with E-state index in [1.807, 2.05) is 12.1 Å². The third kappa shape index (κ3) is 3.09. The first-order valence-electron chi connectivity index (χ1n) is 8.72. The Morgan fingerprint density at radius 2 is 2.08 bits per heavy atom. The van der Waals surface area contributed by atoms with E-state index in [2.05, 4.69) is 12.1 Å². The first-order chi connectivity index (χ1) is 11.5. The van der Waals surface area contributed by atoms with E-state index in [1.165, 1.54) is 18.4 Å². The molecule has 0 aromatic heterocycles. The SMILES string of the molecule is O=C(Cc1cccc(C2CC2)c1)N1CCS(=O)(=O)[C@@H]2COCC[C@H]21. The highest BCUT2D eigenvalue weighted by Crippen LogP contribution is 2.40. The van der Waals surface area contributed by atoms with Crippen LogP contribution in [0.4, 0.5) is 0 Å². The van der Waals surface area contributed by atoms with Gasteiger partial charge in [-0.25, -0.2) is 8.42 Å². The van der Waals surface area contributed by atoms with Crippen molar-refractivity contribution in [1.29, 1.82) is 0 Å². The molecule has 130 valence electrons. The van der Waals surface area contributed by atoms with Crippen molar-refractivity contribution in [2.75, 3.05) is 25.5 Å². The monoisotopic (exact) mass is 349 g/mol. The fourth-order valence-corrected chi connectivity index (χ4v) is 5.72. The summed E-state index contributed by atoms with van der Waals surface area (Å²) in [6, 6.07) is 8.06. The van der Waals surface area contributed by atoms with Crippen molar-refractivity contribution in [3.05, 3.63) is 35.4 Å². The van der Waals surface area contributed by atoms with E-state index in [9.17, 15) is 13.2 Å². The number of fused-ring (bicyclic) bond motifs is 1. The minimum Gasteiger partial charge on any atom is -0.380 e. The van der Waals surface area contributed by atoms with Gasteiger partial charge in [0.25, 0.3) is 0 Å². The van der Waals surface area contributed by atoms with Gasteiger partial charge in [-0.1, -0.05) is 24.3 Å². The summed E-state index contributed by atoms with van der Waals surface area (Å²) in [5.74, 6) is 0.751. The molecule has 2 aliphatic heterocycles. The van der Waals surface area contributed by atoms with Crippen LogP contribution in [0.2, 0.25) is 0 Å². The molecule has 6 heteroatoms. The fraction of sp³-hybridized carbons (Fsp3) is 0.611. The maximum Gasteiger partial charge on any atom is 0.227 e. The lowest BCUT2D eigenvalue weighted by atomic mass is 10.0. The predicted molar refractivity (Wildman–Crippen MR) is 90.6 cm³/mol. The first-order valence-corrected chi connectivity index (χ1v) is 10.4. The summed E-state index contributed by atoms with van der Waals surface area (Å²) in [5.41, 5.74) is 2.35. The van der Waals surface area contributed by atoms with Crippen LogP contribution in [0.1, 0.15) is 36.3 Å². The van der Waals surface area contributed by atoms with Crippen LogP contribution < -0.4 is 0 Å². The summed E-state index contributed by atoms with van der Waals surface area (Å²) in [5, 5.41) is -0.554. The highest BCUT2D eigenvalue weighted by atomic mass is 32.2. The molecule has 1 amide bonds. The van der Waals surface area contributed by atoms with Gasteiger partial charge in [0.1, 0.15) is 5.25 Å². The summed E-state index contributed by atoms with van der Waals surface area (Å²) in [6.45, 7) is 1.05. The van der Waals surface area contributed by atoms with Crippen LogP contribution >= 0.6 is 0 Å². The molecule has 1 aromatic rings. The van der Waals surface area contributed by atoms with Crippen LogP contribution in [0.25, 0.3) is 0 Å². The number of hydrogen-bond donors (Lipinski definition) is 0. The van der Waals surface area contributed by atoms with Gasteiger partial charge >= 0.3 is 0 Å². The Bertz CT molecular complexity index is 741. The number of ether oxygens (including phenoxy) is 1. The standard InChI is InChI=1S/C18H23NO4S/c20-18(11-13-2-1-3-15(10-13)14-4-5-14)19-7-9-24(21,22)17-12-23-8-6-16(17)19/h1-3,10,14,16-17H,4-9,11-12H2/t16-,17-/m1/s1. The zero-order chi connectivity index (χ0) is 16.7. The van der Waals surface area contributed by atoms with E-state index >= 15 is 0 Å². The highest BCUT2D eigenvalue weighted by Gasteiger charge is 2.44. The summed E-state index contributed by atoms with van der Waals surface area (Å²) >= 11 is 0. The van der Waals surface area contributed by atoms with Crippen molar-refractivity contribution in [2.24, 2.45) is 0 Å². The van der Waals surface area contributed by atoms with Gasteiger partial charge in [0.15, 0.2) is 9.84 Å². The summed E-state index contributed by atoms with van der Waals surface area (Å²) in [6.07, 6.45) is 3.44. The Morgan fingerprint density at radius 1 is 1.25 bits per heavy atom. The molecule has 0 N–H and O–H groups in total. The Morgan fingerprint density at radius 3 is 2.88 bits per heavy atom. The molecule has 2 saturated heterocycles. The van der Waals surface area contributed by atoms with E-state index < -0.39 is 15.1 Å². The molecule has 5 nitrogen and oxygen atoms in total. The van der Waals surface area contributed by atoms with Crippen molar-refractivity contribution >= 4 is 15.7 Å². The third-order valence-corrected chi connectivity index (χ3v) is 7.55. The number of sulfone groups is 1. The smallest absolute Gasteiger partial charge is 0.227 e. The van der Waals surface area contributed by atoms with Crippen molar-refractivity contribution in [3.8, 4) is 0 Å². The summed E-state index contributed by atoms with van der Waals surface area (Å²) in [7, 11) is -3.15. The van der Waals surface area contributed by atoms with Gasteiger partial charge in [-0.05, 0) is 36.3 Å². The number of carbonyl (C=O) groups is 1. The average Bonchev–Trinajstić information content (AvgIpc) is 3.40. The molecular weight excluding hydrogens is 326 g/mol. The van der Waals surface area contributed by atoms with E-state index in [1.54, 1.807) is 4.90 Å². The second-order valence-electron chi connectivity index (χ2n) is 7.12. The number of hydrogen-bond acceptors (Lipinski definition) is 4. The van der Waals surface area contributed by atoms with Crippen LogP contribution in [0.15, 0.2) is 24.3 Å². The Hall–Kier alpha value is -1.40. The first kappa shape index (κ1) is 16.1. The van der Waals surface area contributed by atoms with Gasteiger partial charge in [0.2, 0.25) is 5.91 Å². The molecule has 0 spiro atoms. The molecule has 3 aliphatic rings. The van der Waals surface area contributed by atoms with Gasteiger partial charge in [0.05, 0.1) is 24.8 Å².